The Hall–Kier alpha value is -1.99. The highest BCUT2D eigenvalue weighted by Gasteiger charge is 2.23. The molecule has 0 atom stereocenters. The van der Waals surface area contributed by atoms with Crippen LogP contribution in [0.4, 0.5) is 4.39 Å². The quantitative estimate of drug-likeness (QED) is 0.850. The van der Waals surface area contributed by atoms with Gasteiger partial charge >= 0.3 is 0 Å². The zero-order valence-electron chi connectivity index (χ0n) is 13.8. The van der Waals surface area contributed by atoms with Crippen molar-refractivity contribution in [3.63, 3.8) is 0 Å². The first-order valence-corrected chi connectivity index (χ1v) is 8.67. The lowest BCUT2D eigenvalue weighted by Gasteiger charge is -2.33. The van der Waals surface area contributed by atoms with Crippen molar-refractivity contribution in [1.82, 2.24) is 14.7 Å². The normalized spacial score (nSPS) is 15.7. The number of piperazine rings is 1. The van der Waals surface area contributed by atoms with Crippen LogP contribution in [0.25, 0.3) is 10.1 Å². The van der Waals surface area contributed by atoms with Crippen LogP contribution in [0.2, 0.25) is 0 Å². The van der Waals surface area contributed by atoms with Crippen molar-refractivity contribution in [2.45, 2.75) is 0 Å². The Bertz CT molecular complexity index is 768. The van der Waals surface area contributed by atoms with Gasteiger partial charge in [-0.15, -0.1) is 11.3 Å². The molecule has 2 amide bonds. The van der Waals surface area contributed by atoms with Gasteiger partial charge in [0.2, 0.25) is 5.91 Å². The largest absolute Gasteiger partial charge is 0.339 e. The van der Waals surface area contributed by atoms with Gasteiger partial charge in [-0.3, -0.25) is 9.59 Å². The number of likely N-dealkylation sites (N-methyl/N-ethyl adjacent to an activating group) is 2. The van der Waals surface area contributed by atoms with Crippen molar-refractivity contribution in [3.8, 4) is 0 Å². The van der Waals surface area contributed by atoms with Gasteiger partial charge in [0.05, 0.1) is 11.4 Å². The van der Waals surface area contributed by atoms with Gasteiger partial charge in [-0.1, -0.05) is 6.07 Å². The van der Waals surface area contributed by atoms with Crippen LogP contribution in [0.1, 0.15) is 9.67 Å². The van der Waals surface area contributed by atoms with Crippen LogP contribution in [0.15, 0.2) is 24.3 Å². The smallest absolute Gasteiger partial charge is 0.264 e. The van der Waals surface area contributed by atoms with E-state index in [1.54, 1.807) is 30.1 Å². The van der Waals surface area contributed by atoms with Crippen LogP contribution in [0.5, 0.6) is 0 Å². The lowest BCUT2D eigenvalue weighted by Crippen LogP contribution is -2.50. The summed E-state index contributed by atoms with van der Waals surface area (Å²) in [5, 5.41) is 0.449. The summed E-state index contributed by atoms with van der Waals surface area (Å²) in [6.07, 6.45) is 0. The van der Waals surface area contributed by atoms with Crippen molar-refractivity contribution in [3.05, 3.63) is 35.0 Å². The molecule has 24 heavy (non-hydrogen) atoms. The molecule has 0 unspecified atom stereocenters. The Morgan fingerprint density at radius 2 is 1.96 bits per heavy atom. The van der Waals surface area contributed by atoms with E-state index in [1.807, 2.05) is 7.05 Å². The third-order valence-electron chi connectivity index (χ3n) is 4.29. The molecule has 0 spiro atoms. The Morgan fingerprint density at radius 1 is 1.25 bits per heavy atom. The lowest BCUT2D eigenvalue weighted by molar-refractivity contribution is -0.133. The van der Waals surface area contributed by atoms with E-state index in [9.17, 15) is 14.0 Å². The summed E-state index contributed by atoms with van der Waals surface area (Å²) in [5.41, 5.74) is 0. The third-order valence-corrected chi connectivity index (χ3v) is 5.38. The number of thiophene rings is 1. The van der Waals surface area contributed by atoms with Crippen molar-refractivity contribution in [2.75, 3.05) is 46.8 Å². The van der Waals surface area contributed by atoms with Crippen LogP contribution in [-0.4, -0.2) is 73.3 Å². The molecular formula is C17H20FN3O2S. The van der Waals surface area contributed by atoms with Gasteiger partial charge in [0, 0.05) is 43.3 Å². The molecule has 2 aromatic rings. The summed E-state index contributed by atoms with van der Waals surface area (Å²) in [6, 6.07) is 6.36. The Balaban J connectivity index is 1.67. The second kappa shape index (κ2) is 6.86. The number of hydrogen-bond donors (Lipinski definition) is 0. The van der Waals surface area contributed by atoms with Gasteiger partial charge < -0.3 is 14.7 Å². The van der Waals surface area contributed by atoms with Gasteiger partial charge in [0.25, 0.3) is 5.91 Å². The standard InChI is InChI=1S/C17H20FN3O2S/c1-19-6-8-21(9-7-19)16(22)11-20(2)17(23)15-10-12-13(18)4-3-5-14(12)24-15/h3-5,10H,6-9,11H2,1-2H3. The van der Waals surface area contributed by atoms with Gasteiger partial charge in [0.15, 0.2) is 0 Å². The Labute approximate surface area is 144 Å². The van der Waals surface area contributed by atoms with E-state index < -0.39 is 0 Å². The zero-order valence-corrected chi connectivity index (χ0v) is 14.6. The van der Waals surface area contributed by atoms with Crippen molar-refractivity contribution in [1.29, 1.82) is 0 Å². The van der Waals surface area contributed by atoms with E-state index in [4.69, 9.17) is 0 Å². The van der Waals surface area contributed by atoms with E-state index in [0.717, 1.165) is 17.8 Å². The number of nitrogens with zero attached hydrogens (tertiary/aromatic N) is 3. The molecule has 1 saturated heterocycles. The molecule has 1 aliphatic heterocycles. The second-order valence-electron chi connectivity index (χ2n) is 6.11. The fourth-order valence-electron chi connectivity index (χ4n) is 2.75. The first kappa shape index (κ1) is 16.9. The molecule has 0 bridgehead atoms. The molecule has 7 heteroatoms. The first-order chi connectivity index (χ1) is 11.5. The fraction of sp³-hybridized carbons (Fsp3) is 0.412. The number of amides is 2. The van der Waals surface area contributed by atoms with Gasteiger partial charge in [-0.25, -0.2) is 4.39 Å². The molecule has 2 heterocycles. The highest BCUT2D eigenvalue weighted by molar-refractivity contribution is 7.20. The third kappa shape index (κ3) is 3.42. The maximum atomic E-state index is 13.8. The lowest BCUT2D eigenvalue weighted by atomic mass is 10.2. The maximum absolute atomic E-state index is 13.8. The molecule has 1 aromatic heterocycles. The number of carbonyl (C=O) groups excluding carboxylic acids is 2. The average Bonchev–Trinajstić information content (AvgIpc) is 3.00. The minimum absolute atomic E-state index is 0.0409. The Morgan fingerprint density at radius 3 is 2.62 bits per heavy atom. The maximum Gasteiger partial charge on any atom is 0.264 e. The van der Waals surface area contributed by atoms with Crippen LogP contribution in [0, 0.1) is 5.82 Å². The van der Waals surface area contributed by atoms with E-state index in [0.29, 0.717) is 23.4 Å². The van der Waals surface area contributed by atoms with E-state index in [-0.39, 0.29) is 24.2 Å². The molecule has 5 nitrogen and oxygen atoms in total. The van der Waals surface area contributed by atoms with Crippen molar-refractivity contribution < 1.29 is 14.0 Å². The monoisotopic (exact) mass is 349 g/mol. The summed E-state index contributed by atoms with van der Waals surface area (Å²) in [5.74, 6) is -0.636. The molecule has 128 valence electrons. The summed E-state index contributed by atoms with van der Waals surface area (Å²) >= 11 is 1.25. The molecule has 1 fully saturated rings. The molecular weight excluding hydrogens is 329 g/mol. The van der Waals surface area contributed by atoms with Gasteiger partial charge in [-0.05, 0) is 25.2 Å². The minimum atomic E-state index is -0.334. The highest BCUT2D eigenvalue weighted by atomic mass is 32.1. The molecule has 3 rings (SSSR count). The molecule has 0 N–H and O–H groups in total. The molecule has 1 aromatic carbocycles. The van der Waals surface area contributed by atoms with Crippen LogP contribution >= 0.6 is 11.3 Å². The van der Waals surface area contributed by atoms with E-state index in [2.05, 4.69) is 4.90 Å². The number of rotatable bonds is 3. The highest BCUT2D eigenvalue weighted by Crippen LogP contribution is 2.28. The predicted octanol–water partition coefficient (Wildman–Crippen LogP) is 1.89. The van der Waals surface area contributed by atoms with Crippen LogP contribution in [0.3, 0.4) is 0 Å². The molecule has 0 saturated carbocycles. The van der Waals surface area contributed by atoms with E-state index in [1.165, 1.54) is 22.3 Å². The van der Waals surface area contributed by atoms with Crippen LogP contribution < -0.4 is 0 Å². The SMILES string of the molecule is CN1CCN(C(=O)CN(C)C(=O)c2cc3c(F)cccc3s2)CC1. The summed E-state index contributed by atoms with van der Waals surface area (Å²) in [6.45, 7) is 3.11. The summed E-state index contributed by atoms with van der Waals surface area (Å²) < 4.78 is 14.5. The topological polar surface area (TPSA) is 43.9 Å². The average molecular weight is 349 g/mol. The number of hydrogen-bond acceptors (Lipinski definition) is 4. The first-order valence-electron chi connectivity index (χ1n) is 7.85. The number of benzene rings is 1. The summed E-state index contributed by atoms with van der Waals surface area (Å²) in [7, 11) is 3.63. The van der Waals surface area contributed by atoms with Crippen molar-refractivity contribution in [2.24, 2.45) is 0 Å². The van der Waals surface area contributed by atoms with E-state index >= 15 is 0 Å². The zero-order chi connectivity index (χ0) is 17.3. The second-order valence-corrected chi connectivity index (χ2v) is 7.19. The van der Waals surface area contributed by atoms with Gasteiger partial charge in [-0.2, -0.15) is 0 Å². The van der Waals surface area contributed by atoms with Crippen LogP contribution in [-0.2, 0) is 4.79 Å². The summed E-state index contributed by atoms with van der Waals surface area (Å²) in [4.78, 5) is 30.7. The number of fused-ring (bicyclic) bond motifs is 1. The molecule has 1 aliphatic rings. The fourth-order valence-corrected chi connectivity index (χ4v) is 3.82. The Kier molecular flexibility index (Phi) is 4.82. The predicted molar refractivity (Wildman–Crippen MR) is 92.8 cm³/mol. The number of carbonyl (C=O) groups is 2. The van der Waals surface area contributed by atoms with Gasteiger partial charge in [0.1, 0.15) is 5.82 Å². The van der Waals surface area contributed by atoms with Crippen molar-refractivity contribution >= 4 is 33.2 Å². The number of halogens is 1. The minimum Gasteiger partial charge on any atom is -0.339 e. The molecule has 0 radical (unpaired) electrons. The molecule has 0 aliphatic carbocycles.